The van der Waals surface area contributed by atoms with Gasteiger partial charge in [0, 0.05) is 11.1 Å². The van der Waals surface area contributed by atoms with E-state index in [1.807, 2.05) is 0 Å². The van der Waals surface area contributed by atoms with Gasteiger partial charge in [0.05, 0.1) is 6.54 Å². The Morgan fingerprint density at radius 3 is 1.74 bits per heavy atom. The third-order valence-corrected chi connectivity index (χ3v) is 3.77. The third kappa shape index (κ3) is 4.05. The van der Waals surface area contributed by atoms with Crippen molar-refractivity contribution in [1.82, 2.24) is 5.01 Å². The topological polar surface area (TPSA) is 46.3 Å². The van der Waals surface area contributed by atoms with Crippen LogP contribution >= 0.6 is 0 Å². The number of nitrogens with zero attached hydrogens (tertiary/aromatic N) is 1. The van der Waals surface area contributed by atoms with E-state index < -0.39 is 29.5 Å². The van der Waals surface area contributed by atoms with Crippen LogP contribution in [0.5, 0.6) is 0 Å². The third-order valence-electron chi connectivity index (χ3n) is 3.77. The number of carbonyl (C=O) groups excluding carboxylic acids is 1. The Labute approximate surface area is 149 Å². The second kappa shape index (κ2) is 7.18. The van der Waals surface area contributed by atoms with Crippen molar-refractivity contribution in [3.05, 3.63) is 71.3 Å². The van der Waals surface area contributed by atoms with Gasteiger partial charge in [0.15, 0.2) is 0 Å². The van der Waals surface area contributed by atoms with Crippen molar-refractivity contribution in [2.75, 3.05) is 0 Å². The number of alkyl halides is 7. The number of benzene rings is 2. The van der Waals surface area contributed by atoms with Gasteiger partial charge in [-0.1, -0.05) is 42.5 Å². The van der Waals surface area contributed by atoms with Gasteiger partial charge in [0.1, 0.15) is 0 Å². The number of nitrogens with two attached hydrogens (primary N) is 1. The molecule has 146 valence electrons. The second-order valence-corrected chi connectivity index (χ2v) is 5.65. The summed E-state index contributed by atoms with van der Waals surface area (Å²) in [5, 5.41) is 0.737. The molecule has 0 spiro atoms. The molecule has 10 heteroatoms. The molecule has 2 rings (SSSR count). The first-order valence-electron chi connectivity index (χ1n) is 7.41. The number of hydrogen-bond acceptors (Lipinski definition) is 2. The molecule has 0 aliphatic rings. The largest absolute Gasteiger partial charge is 0.435 e. The molecule has 2 aromatic rings. The van der Waals surface area contributed by atoms with Crippen molar-refractivity contribution < 1.29 is 35.5 Å². The van der Waals surface area contributed by atoms with E-state index in [1.54, 1.807) is 18.2 Å². The van der Waals surface area contributed by atoms with Crippen LogP contribution in [0.3, 0.4) is 0 Å². The van der Waals surface area contributed by atoms with Crippen molar-refractivity contribution in [3.63, 3.8) is 0 Å². The van der Waals surface area contributed by atoms with Crippen molar-refractivity contribution in [3.8, 4) is 0 Å². The summed E-state index contributed by atoms with van der Waals surface area (Å²) >= 11 is 0. The zero-order chi connectivity index (χ0) is 20.5. The summed E-state index contributed by atoms with van der Waals surface area (Å²) in [6.45, 7) is -0.300. The molecule has 0 atom stereocenters. The predicted octanol–water partition coefficient (Wildman–Crippen LogP) is 4.49. The van der Waals surface area contributed by atoms with Crippen LogP contribution in [0.25, 0.3) is 0 Å². The van der Waals surface area contributed by atoms with Crippen molar-refractivity contribution in [2.45, 2.75) is 24.6 Å². The van der Waals surface area contributed by atoms with Crippen LogP contribution in [0, 0.1) is 0 Å². The predicted molar refractivity (Wildman–Crippen MR) is 81.8 cm³/mol. The van der Waals surface area contributed by atoms with Gasteiger partial charge in [-0.05, 0) is 17.7 Å². The summed E-state index contributed by atoms with van der Waals surface area (Å²) in [5.74, 6) is 4.99. The minimum absolute atomic E-state index is 0.122. The van der Waals surface area contributed by atoms with Crippen molar-refractivity contribution in [2.24, 2.45) is 5.84 Å². The molecule has 27 heavy (non-hydrogen) atoms. The zero-order valence-electron chi connectivity index (χ0n) is 13.5. The second-order valence-electron chi connectivity index (χ2n) is 5.65. The smallest absolute Gasteiger partial charge is 0.272 e. The molecular weight excluding hydrogens is 381 g/mol. The molecule has 0 fully saturated rings. The van der Waals surface area contributed by atoms with Crippen molar-refractivity contribution in [1.29, 1.82) is 0 Å². The van der Waals surface area contributed by atoms with Gasteiger partial charge in [-0.2, -0.15) is 26.3 Å². The van der Waals surface area contributed by atoms with Gasteiger partial charge >= 0.3 is 18.0 Å². The highest BCUT2D eigenvalue weighted by Crippen LogP contribution is 2.53. The Kier molecular flexibility index (Phi) is 5.50. The Bertz CT molecular complexity index is 772. The fourth-order valence-electron chi connectivity index (χ4n) is 2.34. The van der Waals surface area contributed by atoms with Crippen LogP contribution in [-0.2, 0) is 12.2 Å². The average Bonchev–Trinajstić information content (AvgIpc) is 2.59. The number of hydrogen-bond donors (Lipinski definition) is 1. The molecule has 0 aliphatic heterocycles. The monoisotopic (exact) mass is 394 g/mol. The van der Waals surface area contributed by atoms with E-state index in [-0.39, 0.29) is 17.7 Å². The Morgan fingerprint density at radius 1 is 0.815 bits per heavy atom. The van der Waals surface area contributed by atoms with Gasteiger partial charge in [0.25, 0.3) is 5.91 Å². The van der Waals surface area contributed by atoms with Gasteiger partial charge < -0.3 is 0 Å². The van der Waals surface area contributed by atoms with Crippen LogP contribution in [0.15, 0.2) is 54.6 Å². The van der Waals surface area contributed by atoms with Crippen LogP contribution in [0.2, 0.25) is 0 Å². The standard InChI is InChI=1S/C17H13F7N2O/c18-15(16(19,20)21,17(22,23)24)13-8-6-11(7-9-13)10-26(25)14(27)12-4-2-1-3-5-12/h1-9H,10,25H2. The fourth-order valence-corrected chi connectivity index (χ4v) is 2.34. The molecule has 0 saturated carbocycles. The average molecular weight is 394 g/mol. The lowest BCUT2D eigenvalue weighted by Crippen LogP contribution is -2.50. The zero-order valence-corrected chi connectivity index (χ0v) is 13.5. The molecule has 1 amide bonds. The van der Waals surface area contributed by atoms with E-state index in [0.717, 1.165) is 17.1 Å². The SMILES string of the molecule is NN(Cc1ccc(C(F)(C(F)(F)F)C(F)(F)F)cc1)C(=O)c1ccccc1. The molecule has 0 aromatic heterocycles. The quantitative estimate of drug-likeness (QED) is 0.360. The number of amides is 1. The normalized spacial score (nSPS) is 12.7. The van der Waals surface area contributed by atoms with E-state index >= 15 is 0 Å². The molecule has 0 radical (unpaired) electrons. The number of hydrazine groups is 1. The maximum Gasteiger partial charge on any atom is 0.435 e. The number of rotatable bonds is 4. The molecule has 0 bridgehead atoms. The highest BCUT2D eigenvalue weighted by atomic mass is 19.4. The molecule has 2 aromatic carbocycles. The lowest BCUT2D eigenvalue weighted by molar-refractivity contribution is -0.348. The molecule has 2 N–H and O–H groups in total. The van der Waals surface area contributed by atoms with E-state index in [9.17, 15) is 35.5 Å². The van der Waals surface area contributed by atoms with Crippen molar-refractivity contribution >= 4 is 5.91 Å². The highest BCUT2D eigenvalue weighted by Gasteiger charge is 2.73. The van der Waals surface area contributed by atoms with Gasteiger partial charge in [-0.15, -0.1) is 0 Å². The van der Waals surface area contributed by atoms with Gasteiger partial charge in [-0.25, -0.2) is 10.2 Å². The molecule has 0 heterocycles. The molecule has 3 nitrogen and oxygen atoms in total. The van der Waals surface area contributed by atoms with Gasteiger partial charge in [-0.3, -0.25) is 9.80 Å². The summed E-state index contributed by atoms with van der Waals surface area (Å²) in [6.07, 6.45) is -12.4. The number of carbonyl (C=O) groups is 1. The van der Waals surface area contributed by atoms with Gasteiger partial charge in [0.2, 0.25) is 0 Å². The van der Waals surface area contributed by atoms with E-state index in [2.05, 4.69) is 0 Å². The highest BCUT2D eigenvalue weighted by molar-refractivity contribution is 5.93. The Hall–Kier alpha value is -2.62. The summed E-state index contributed by atoms with van der Waals surface area (Å²) < 4.78 is 90.3. The Balaban J connectivity index is 2.23. The van der Waals surface area contributed by atoms with Crippen LogP contribution < -0.4 is 5.84 Å². The molecule has 0 saturated heterocycles. The molecule has 0 unspecified atom stereocenters. The summed E-state index contributed by atoms with van der Waals surface area (Å²) in [5.41, 5.74) is -6.74. The maximum absolute atomic E-state index is 13.9. The minimum Gasteiger partial charge on any atom is -0.272 e. The van der Waals surface area contributed by atoms with Crippen LogP contribution in [-0.4, -0.2) is 23.3 Å². The fraction of sp³-hybridized carbons (Fsp3) is 0.235. The number of halogens is 7. The van der Waals surface area contributed by atoms with Crippen LogP contribution in [0.4, 0.5) is 30.7 Å². The summed E-state index contributed by atoms with van der Waals surface area (Å²) in [7, 11) is 0. The maximum atomic E-state index is 13.9. The minimum atomic E-state index is -6.18. The van der Waals surface area contributed by atoms with Crippen LogP contribution in [0.1, 0.15) is 21.5 Å². The summed E-state index contributed by atoms with van der Waals surface area (Å²) in [4.78, 5) is 12.1. The van der Waals surface area contributed by atoms with E-state index in [0.29, 0.717) is 12.1 Å². The Morgan fingerprint density at radius 2 is 1.30 bits per heavy atom. The summed E-state index contributed by atoms with van der Waals surface area (Å²) in [6, 6.07) is 10.2. The molecule has 0 aliphatic carbocycles. The first-order chi connectivity index (χ1) is 12.4. The molecular formula is C17H13F7N2O. The van der Waals surface area contributed by atoms with E-state index in [1.165, 1.54) is 12.1 Å². The lowest BCUT2D eigenvalue weighted by Gasteiger charge is -2.30. The van der Waals surface area contributed by atoms with E-state index in [4.69, 9.17) is 5.84 Å². The first-order valence-corrected chi connectivity index (χ1v) is 7.41. The lowest BCUT2D eigenvalue weighted by atomic mass is 9.93. The first kappa shape index (κ1) is 20.7.